The van der Waals surface area contributed by atoms with Gasteiger partial charge in [0.25, 0.3) is 5.91 Å². The van der Waals surface area contributed by atoms with Gasteiger partial charge in [0.05, 0.1) is 17.9 Å². The number of rotatable bonds is 6. The Morgan fingerprint density at radius 1 is 0.893 bits per heavy atom. The highest BCUT2D eigenvalue weighted by molar-refractivity contribution is 5.96. The zero-order chi connectivity index (χ0) is 19.3. The molecule has 2 aromatic carbocycles. The fourth-order valence-electron chi connectivity index (χ4n) is 3.16. The highest BCUT2D eigenvalue weighted by Crippen LogP contribution is 2.14. The molecule has 0 saturated heterocycles. The number of amides is 1. The predicted octanol–water partition coefficient (Wildman–Crippen LogP) is 4.27. The Labute approximate surface area is 161 Å². The smallest absolute Gasteiger partial charge is 0.261 e. The maximum absolute atomic E-state index is 13.2. The van der Waals surface area contributed by atoms with E-state index >= 15 is 0 Å². The summed E-state index contributed by atoms with van der Waals surface area (Å²) in [5.74, 6) is -0.350. The summed E-state index contributed by atoms with van der Waals surface area (Å²) in [6.45, 7) is 0.828. The average Bonchev–Trinajstić information content (AvgIpc) is 3.25. The molecule has 4 aromatic rings. The van der Waals surface area contributed by atoms with Gasteiger partial charge in [0.2, 0.25) is 5.43 Å². The molecule has 0 radical (unpaired) electrons. The van der Waals surface area contributed by atoms with Gasteiger partial charge in [-0.3, -0.25) is 9.59 Å². The first kappa shape index (κ1) is 17.8. The molecule has 0 spiro atoms. The number of furan rings is 1. The molecule has 28 heavy (non-hydrogen) atoms. The van der Waals surface area contributed by atoms with Crippen molar-refractivity contribution in [2.45, 2.75) is 13.0 Å². The quantitative estimate of drug-likeness (QED) is 0.506. The minimum absolute atomic E-state index is 0.0373. The van der Waals surface area contributed by atoms with E-state index < -0.39 is 0 Å². The van der Waals surface area contributed by atoms with E-state index in [0.717, 1.165) is 11.1 Å². The Bertz CT molecular complexity index is 1130. The Morgan fingerprint density at radius 2 is 1.68 bits per heavy atom. The minimum atomic E-state index is -0.350. The van der Waals surface area contributed by atoms with Crippen LogP contribution in [0.15, 0.2) is 93.1 Å². The molecular weight excluding hydrogens is 354 g/mol. The molecule has 4 rings (SSSR count). The zero-order valence-corrected chi connectivity index (χ0v) is 15.2. The standard InChI is InChI=1S/C23H19NO4/c25-22-19-8-4-5-9-21(19)28-16-20(22)23(26)24(14-18-11-13-27-15-18)12-10-17-6-2-1-3-7-17/h1-9,11,13,15-16H,10,12,14H2. The summed E-state index contributed by atoms with van der Waals surface area (Å²) in [6, 6.07) is 18.7. The van der Waals surface area contributed by atoms with Gasteiger partial charge in [-0.15, -0.1) is 0 Å². The van der Waals surface area contributed by atoms with Crippen molar-refractivity contribution >= 4 is 16.9 Å². The van der Waals surface area contributed by atoms with Crippen molar-refractivity contribution in [2.24, 2.45) is 0 Å². The second-order valence-electron chi connectivity index (χ2n) is 6.57. The first-order valence-electron chi connectivity index (χ1n) is 9.07. The first-order chi connectivity index (χ1) is 13.7. The van der Waals surface area contributed by atoms with Crippen molar-refractivity contribution in [2.75, 3.05) is 6.54 Å². The second-order valence-corrected chi connectivity index (χ2v) is 6.57. The second kappa shape index (κ2) is 7.96. The normalized spacial score (nSPS) is 10.9. The van der Waals surface area contributed by atoms with Gasteiger partial charge in [-0.1, -0.05) is 42.5 Å². The number of fused-ring (bicyclic) bond motifs is 1. The lowest BCUT2D eigenvalue weighted by molar-refractivity contribution is 0.0741. The third kappa shape index (κ3) is 3.74. The Hall–Kier alpha value is -3.60. The molecule has 0 aliphatic rings. The van der Waals surface area contributed by atoms with Crippen LogP contribution in [-0.2, 0) is 13.0 Å². The number of para-hydroxylation sites is 1. The van der Waals surface area contributed by atoms with Crippen LogP contribution in [0.2, 0.25) is 0 Å². The van der Waals surface area contributed by atoms with E-state index in [-0.39, 0.29) is 16.9 Å². The van der Waals surface area contributed by atoms with E-state index in [2.05, 4.69) is 0 Å². The van der Waals surface area contributed by atoms with Crippen molar-refractivity contribution in [3.63, 3.8) is 0 Å². The van der Waals surface area contributed by atoms with Crippen LogP contribution in [0, 0.1) is 0 Å². The summed E-state index contributed by atoms with van der Waals surface area (Å²) in [5.41, 5.74) is 2.18. The molecule has 0 atom stereocenters. The maximum atomic E-state index is 13.2. The number of carbonyl (C=O) groups excluding carboxylic acids is 1. The molecule has 5 nitrogen and oxygen atoms in total. The molecular formula is C23H19NO4. The van der Waals surface area contributed by atoms with Crippen LogP contribution < -0.4 is 5.43 Å². The van der Waals surface area contributed by atoms with E-state index in [4.69, 9.17) is 8.83 Å². The van der Waals surface area contributed by atoms with Crippen LogP contribution in [0.4, 0.5) is 0 Å². The third-order valence-corrected chi connectivity index (χ3v) is 4.66. The lowest BCUT2D eigenvalue weighted by Gasteiger charge is -2.22. The van der Waals surface area contributed by atoms with E-state index in [1.807, 2.05) is 36.4 Å². The highest BCUT2D eigenvalue weighted by Gasteiger charge is 2.21. The molecule has 0 saturated carbocycles. The zero-order valence-electron chi connectivity index (χ0n) is 15.2. The summed E-state index contributed by atoms with van der Waals surface area (Å²) >= 11 is 0. The fraction of sp³-hybridized carbons (Fsp3) is 0.130. The van der Waals surface area contributed by atoms with Crippen molar-refractivity contribution < 1.29 is 13.6 Å². The van der Waals surface area contributed by atoms with Crippen LogP contribution in [0.25, 0.3) is 11.0 Å². The molecule has 1 amide bonds. The van der Waals surface area contributed by atoms with Crippen LogP contribution in [0.5, 0.6) is 0 Å². The van der Waals surface area contributed by atoms with Crippen LogP contribution >= 0.6 is 0 Å². The lowest BCUT2D eigenvalue weighted by atomic mass is 10.1. The van der Waals surface area contributed by atoms with Crippen molar-refractivity contribution in [3.8, 4) is 0 Å². The number of carbonyl (C=O) groups is 1. The van der Waals surface area contributed by atoms with Gasteiger partial charge in [-0.25, -0.2) is 0 Å². The van der Waals surface area contributed by atoms with Gasteiger partial charge < -0.3 is 13.7 Å². The Kier molecular flexibility index (Phi) is 5.06. The number of hydrogen-bond donors (Lipinski definition) is 0. The van der Waals surface area contributed by atoms with Gasteiger partial charge in [0.1, 0.15) is 17.4 Å². The molecule has 140 valence electrons. The Morgan fingerprint density at radius 3 is 2.46 bits per heavy atom. The third-order valence-electron chi connectivity index (χ3n) is 4.66. The van der Waals surface area contributed by atoms with Gasteiger partial charge in [-0.2, -0.15) is 0 Å². The summed E-state index contributed by atoms with van der Waals surface area (Å²) in [5, 5.41) is 0.402. The fourth-order valence-corrected chi connectivity index (χ4v) is 3.16. The SMILES string of the molecule is O=C(c1coc2ccccc2c1=O)N(CCc1ccccc1)Cc1ccoc1. The van der Waals surface area contributed by atoms with Gasteiger partial charge >= 0.3 is 0 Å². The van der Waals surface area contributed by atoms with E-state index in [1.165, 1.54) is 6.26 Å². The van der Waals surface area contributed by atoms with Gasteiger partial charge in [0.15, 0.2) is 0 Å². The topological polar surface area (TPSA) is 63.7 Å². The molecule has 5 heteroatoms. The summed E-state index contributed by atoms with van der Waals surface area (Å²) in [4.78, 5) is 27.7. The summed E-state index contributed by atoms with van der Waals surface area (Å²) in [6.07, 6.45) is 5.12. The number of hydrogen-bond acceptors (Lipinski definition) is 4. The van der Waals surface area contributed by atoms with Gasteiger partial charge in [0, 0.05) is 18.7 Å². The van der Waals surface area contributed by atoms with Crippen molar-refractivity contribution in [3.05, 3.63) is 106 Å². The molecule has 0 bridgehead atoms. The highest BCUT2D eigenvalue weighted by atomic mass is 16.3. The molecule has 0 fully saturated rings. The van der Waals surface area contributed by atoms with E-state index in [1.54, 1.807) is 41.7 Å². The molecule has 0 N–H and O–H groups in total. The Balaban J connectivity index is 1.64. The molecule has 2 aromatic heterocycles. The maximum Gasteiger partial charge on any atom is 0.261 e. The number of nitrogens with zero attached hydrogens (tertiary/aromatic N) is 1. The molecule has 2 heterocycles. The summed E-state index contributed by atoms with van der Waals surface area (Å²) in [7, 11) is 0. The monoisotopic (exact) mass is 373 g/mol. The largest absolute Gasteiger partial charge is 0.472 e. The van der Waals surface area contributed by atoms with Crippen molar-refractivity contribution in [1.29, 1.82) is 0 Å². The van der Waals surface area contributed by atoms with Crippen LogP contribution in [-0.4, -0.2) is 17.4 Å². The lowest BCUT2D eigenvalue weighted by Crippen LogP contribution is -2.35. The number of benzene rings is 2. The minimum Gasteiger partial charge on any atom is -0.472 e. The predicted molar refractivity (Wildman–Crippen MR) is 106 cm³/mol. The molecule has 0 aliphatic heterocycles. The van der Waals surface area contributed by atoms with E-state index in [0.29, 0.717) is 30.5 Å². The average molecular weight is 373 g/mol. The summed E-state index contributed by atoms with van der Waals surface area (Å²) < 4.78 is 10.7. The van der Waals surface area contributed by atoms with Crippen molar-refractivity contribution in [1.82, 2.24) is 4.90 Å². The first-order valence-corrected chi connectivity index (χ1v) is 9.07. The van der Waals surface area contributed by atoms with Crippen LogP contribution in [0.3, 0.4) is 0 Å². The molecule has 0 aliphatic carbocycles. The van der Waals surface area contributed by atoms with Gasteiger partial charge in [-0.05, 0) is 30.2 Å². The molecule has 0 unspecified atom stereocenters. The van der Waals surface area contributed by atoms with E-state index in [9.17, 15) is 9.59 Å². The van der Waals surface area contributed by atoms with Crippen LogP contribution in [0.1, 0.15) is 21.5 Å².